The molecule has 0 aromatic carbocycles. The maximum absolute atomic E-state index is 2.39. The summed E-state index contributed by atoms with van der Waals surface area (Å²) >= 11 is 0. The van der Waals surface area contributed by atoms with Gasteiger partial charge >= 0.3 is 0 Å². The molecule has 79 valence electrons. The number of allylic oxidation sites excluding steroid dienone is 2. The second kappa shape index (κ2) is 5.00. The summed E-state index contributed by atoms with van der Waals surface area (Å²) in [7, 11) is 0. The van der Waals surface area contributed by atoms with Crippen molar-refractivity contribution in [1.82, 2.24) is 0 Å². The van der Waals surface area contributed by atoms with E-state index in [1.54, 1.807) is 0 Å². The molecular weight excluding hydrogens is 168 g/mol. The highest BCUT2D eigenvalue weighted by Crippen LogP contribution is 2.47. The Morgan fingerprint density at radius 1 is 1.36 bits per heavy atom. The van der Waals surface area contributed by atoms with Gasteiger partial charge < -0.3 is 0 Å². The molecule has 0 spiro atoms. The van der Waals surface area contributed by atoms with Gasteiger partial charge in [-0.05, 0) is 56.3 Å². The average Bonchev–Trinajstić information content (AvgIpc) is 3.04. The van der Waals surface area contributed by atoms with Crippen LogP contribution in [0.25, 0.3) is 0 Å². The highest BCUT2D eigenvalue weighted by Gasteiger charge is 2.35. The van der Waals surface area contributed by atoms with Crippen molar-refractivity contribution in [3.63, 3.8) is 0 Å². The van der Waals surface area contributed by atoms with Gasteiger partial charge in [0.2, 0.25) is 0 Å². The zero-order chi connectivity index (χ0) is 9.80. The molecule has 0 aromatic rings. The van der Waals surface area contributed by atoms with E-state index in [9.17, 15) is 0 Å². The van der Waals surface area contributed by atoms with E-state index in [2.05, 4.69) is 19.1 Å². The summed E-state index contributed by atoms with van der Waals surface area (Å²) < 4.78 is 0. The molecule has 0 heterocycles. The first kappa shape index (κ1) is 10.3. The van der Waals surface area contributed by atoms with Crippen LogP contribution in [-0.2, 0) is 0 Å². The Balaban J connectivity index is 1.85. The van der Waals surface area contributed by atoms with Gasteiger partial charge in [0, 0.05) is 0 Å². The fraction of sp³-hybridized carbons (Fsp3) is 0.786. The summed E-state index contributed by atoms with van der Waals surface area (Å²) in [5.41, 5.74) is 0. The van der Waals surface area contributed by atoms with E-state index < -0.39 is 0 Å². The summed E-state index contributed by atoms with van der Waals surface area (Å²) in [5, 5.41) is 0. The molecule has 1 radical (unpaired) electrons. The predicted molar refractivity (Wildman–Crippen MR) is 62.0 cm³/mol. The highest BCUT2D eigenvalue weighted by atomic mass is 14.4. The van der Waals surface area contributed by atoms with Gasteiger partial charge in [-0.3, -0.25) is 0 Å². The van der Waals surface area contributed by atoms with Gasteiger partial charge in [-0.15, -0.1) is 0 Å². The molecule has 2 aliphatic rings. The number of rotatable bonds is 5. The smallest absolute Gasteiger partial charge is 0.0167 e. The zero-order valence-corrected chi connectivity index (χ0v) is 9.47. The maximum Gasteiger partial charge on any atom is -0.0167 e. The largest absolute Gasteiger partial charge is 0.0885 e. The molecule has 0 nitrogen and oxygen atoms in total. The standard InChI is InChI=1S/C14H23/c1-2-3-9-14(13-10-11-13)12-7-5-4-6-8-12/h4-5,13-14H,2-3,6-11H2,1H3. The molecule has 0 saturated heterocycles. The van der Waals surface area contributed by atoms with Crippen LogP contribution in [0.15, 0.2) is 12.2 Å². The van der Waals surface area contributed by atoms with Gasteiger partial charge in [-0.25, -0.2) is 0 Å². The first-order valence-corrected chi connectivity index (χ1v) is 6.41. The Kier molecular flexibility index (Phi) is 3.67. The number of hydrogen-bond donors (Lipinski definition) is 0. The normalized spacial score (nSPS) is 25.2. The fourth-order valence-electron chi connectivity index (χ4n) is 2.76. The minimum Gasteiger partial charge on any atom is -0.0885 e. The molecule has 0 aromatic heterocycles. The van der Waals surface area contributed by atoms with Crippen molar-refractivity contribution in [3.05, 3.63) is 18.1 Å². The Hall–Kier alpha value is -0.260. The van der Waals surface area contributed by atoms with Crippen LogP contribution in [0.1, 0.15) is 58.3 Å². The van der Waals surface area contributed by atoms with Crippen LogP contribution in [0.4, 0.5) is 0 Å². The van der Waals surface area contributed by atoms with E-state index in [0.29, 0.717) is 0 Å². The van der Waals surface area contributed by atoms with Crippen LogP contribution in [0.3, 0.4) is 0 Å². The minimum absolute atomic E-state index is 1.000. The van der Waals surface area contributed by atoms with E-state index in [4.69, 9.17) is 0 Å². The van der Waals surface area contributed by atoms with E-state index >= 15 is 0 Å². The summed E-state index contributed by atoms with van der Waals surface area (Å²) in [5.74, 6) is 3.96. The zero-order valence-electron chi connectivity index (χ0n) is 9.47. The van der Waals surface area contributed by atoms with Crippen LogP contribution in [0.5, 0.6) is 0 Å². The van der Waals surface area contributed by atoms with Gasteiger partial charge in [0.05, 0.1) is 0 Å². The molecular formula is C14H23. The molecule has 1 fully saturated rings. The fourth-order valence-corrected chi connectivity index (χ4v) is 2.76. The summed E-state index contributed by atoms with van der Waals surface area (Å²) in [4.78, 5) is 0. The Morgan fingerprint density at radius 3 is 2.79 bits per heavy atom. The lowest BCUT2D eigenvalue weighted by Crippen LogP contribution is -2.16. The third-order valence-corrected chi connectivity index (χ3v) is 3.76. The average molecular weight is 191 g/mol. The van der Waals surface area contributed by atoms with Crippen LogP contribution >= 0.6 is 0 Å². The van der Waals surface area contributed by atoms with Crippen molar-refractivity contribution < 1.29 is 0 Å². The molecule has 0 aliphatic heterocycles. The van der Waals surface area contributed by atoms with E-state index in [-0.39, 0.29) is 0 Å². The number of unbranched alkanes of at least 4 members (excludes halogenated alkanes) is 1. The van der Waals surface area contributed by atoms with Crippen LogP contribution in [0.2, 0.25) is 0 Å². The van der Waals surface area contributed by atoms with Gasteiger partial charge in [-0.1, -0.05) is 31.9 Å². The van der Waals surface area contributed by atoms with Gasteiger partial charge in [-0.2, -0.15) is 0 Å². The Morgan fingerprint density at radius 2 is 2.21 bits per heavy atom. The summed E-state index contributed by atoms with van der Waals surface area (Å²) in [6.45, 7) is 2.31. The van der Waals surface area contributed by atoms with Crippen LogP contribution in [-0.4, -0.2) is 0 Å². The lowest BCUT2D eigenvalue weighted by atomic mass is 9.78. The summed E-state index contributed by atoms with van der Waals surface area (Å²) in [6.07, 6.45) is 16.1. The minimum atomic E-state index is 1.000. The van der Waals surface area contributed by atoms with E-state index in [1.807, 2.05) is 5.92 Å². The molecule has 1 atom stereocenters. The molecule has 1 saturated carbocycles. The van der Waals surface area contributed by atoms with Crippen molar-refractivity contribution >= 4 is 0 Å². The van der Waals surface area contributed by atoms with Gasteiger partial charge in [0.1, 0.15) is 0 Å². The van der Waals surface area contributed by atoms with Crippen molar-refractivity contribution in [2.75, 3.05) is 0 Å². The lowest BCUT2D eigenvalue weighted by Gasteiger charge is -2.27. The third kappa shape index (κ3) is 2.62. The number of hydrogen-bond acceptors (Lipinski definition) is 0. The Bertz CT molecular complexity index is 188. The van der Waals surface area contributed by atoms with E-state index in [0.717, 1.165) is 11.8 Å². The van der Waals surface area contributed by atoms with E-state index in [1.165, 1.54) is 51.4 Å². The molecule has 2 aliphatic carbocycles. The lowest BCUT2D eigenvalue weighted by molar-refractivity contribution is 0.397. The van der Waals surface area contributed by atoms with Gasteiger partial charge in [0.25, 0.3) is 0 Å². The molecule has 0 N–H and O–H groups in total. The molecule has 2 rings (SSSR count). The van der Waals surface area contributed by atoms with Crippen molar-refractivity contribution in [1.29, 1.82) is 0 Å². The Labute approximate surface area is 88.8 Å². The van der Waals surface area contributed by atoms with Gasteiger partial charge in [0.15, 0.2) is 0 Å². The highest BCUT2D eigenvalue weighted by molar-refractivity contribution is 5.11. The second-order valence-corrected chi connectivity index (χ2v) is 4.96. The molecule has 1 unspecified atom stereocenters. The monoisotopic (exact) mass is 191 g/mol. The second-order valence-electron chi connectivity index (χ2n) is 4.96. The van der Waals surface area contributed by atoms with Crippen molar-refractivity contribution in [3.8, 4) is 0 Å². The predicted octanol–water partition coefficient (Wildman–Crippen LogP) is 4.52. The molecule has 0 bridgehead atoms. The van der Waals surface area contributed by atoms with Crippen LogP contribution < -0.4 is 0 Å². The maximum atomic E-state index is 2.39. The molecule has 14 heavy (non-hydrogen) atoms. The topological polar surface area (TPSA) is 0 Å². The third-order valence-electron chi connectivity index (χ3n) is 3.76. The first-order chi connectivity index (χ1) is 6.92. The SMILES string of the molecule is CCCCC([C]1CC=CCC1)C1CC1. The van der Waals surface area contributed by atoms with Crippen molar-refractivity contribution in [2.45, 2.75) is 58.3 Å². The van der Waals surface area contributed by atoms with Crippen molar-refractivity contribution in [2.24, 2.45) is 11.8 Å². The first-order valence-electron chi connectivity index (χ1n) is 6.41. The summed E-state index contributed by atoms with van der Waals surface area (Å²) in [6, 6.07) is 0. The molecule has 0 heteroatoms. The molecule has 0 amide bonds. The quantitative estimate of drug-likeness (QED) is 0.561. The van der Waals surface area contributed by atoms with Crippen LogP contribution in [0, 0.1) is 17.8 Å².